The van der Waals surface area contributed by atoms with Crippen LogP contribution in [0.5, 0.6) is 0 Å². The van der Waals surface area contributed by atoms with E-state index in [4.69, 9.17) is 0 Å². The molecule has 0 radical (unpaired) electrons. The van der Waals surface area contributed by atoms with E-state index in [1.807, 2.05) is 0 Å². The van der Waals surface area contributed by atoms with Gasteiger partial charge in [0.1, 0.15) is 11.6 Å². The Morgan fingerprint density at radius 1 is 0.700 bits per heavy atom. The van der Waals surface area contributed by atoms with Crippen LogP contribution in [-0.4, -0.2) is 34.2 Å². The summed E-state index contributed by atoms with van der Waals surface area (Å²) in [6.45, 7) is 10.1. The number of azo groups is 1. The summed E-state index contributed by atoms with van der Waals surface area (Å²) < 4.78 is 0. The number of aliphatic hydroxyl groups excluding tert-OH is 2. The second-order valence-corrected chi connectivity index (χ2v) is 5.75. The molecule has 0 aliphatic heterocycles. The molecule has 0 aliphatic rings. The predicted octanol–water partition coefficient (Wildman–Crippen LogP) is 1.80. The Hall–Kier alpha value is -1.14. The van der Waals surface area contributed by atoms with Gasteiger partial charge in [0.25, 0.3) is 0 Å². The molecule has 0 spiro atoms. The highest BCUT2D eigenvalue weighted by atomic mass is 16.3. The standard InChI is InChI=1S/C14H26N2O4/c1-7(2)11(17)9(5)13(19)15-16-14(20)10(6)12(18)8(3)4/h7-10,13-14,19-20H,1-6H3. The zero-order valence-electron chi connectivity index (χ0n) is 13.1. The van der Waals surface area contributed by atoms with Crippen molar-refractivity contribution in [2.24, 2.45) is 33.9 Å². The van der Waals surface area contributed by atoms with Gasteiger partial charge in [0.05, 0.1) is 11.8 Å². The smallest absolute Gasteiger partial charge is 0.175 e. The van der Waals surface area contributed by atoms with E-state index in [2.05, 4.69) is 10.2 Å². The molecular weight excluding hydrogens is 260 g/mol. The van der Waals surface area contributed by atoms with Crippen LogP contribution in [-0.2, 0) is 9.59 Å². The van der Waals surface area contributed by atoms with Crippen LogP contribution in [0.1, 0.15) is 41.5 Å². The highest BCUT2D eigenvalue weighted by Gasteiger charge is 2.26. The molecule has 2 N–H and O–H groups in total. The molecule has 0 aromatic rings. The number of carbonyl (C=O) groups is 2. The van der Waals surface area contributed by atoms with Crippen LogP contribution < -0.4 is 0 Å². The minimum absolute atomic E-state index is 0.128. The van der Waals surface area contributed by atoms with Crippen molar-refractivity contribution < 1.29 is 19.8 Å². The summed E-state index contributed by atoms with van der Waals surface area (Å²) in [6.07, 6.45) is -2.61. The first-order valence-corrected chi connectivity index (χ1v) is 6.93. The summed E-state index contributed by atoms with van der Waals surface area (Å²) in [7, 11) is 0. The fourth-order valence-corrected chi connectivity index (χ4v) is 1.68. The second kappa shape index (κ2) is 8.21. The second-order valence-electron chi connectivity index (χ2n) is 5.75. The highest BCUT2D eigenvalue weighted by molar-refractivity contribution is 5.83. The van der Waals surface area contributed by atoms with Gasteiger partial charge in [-0.25, -0.2) is 0 Å². The molecule has 0 fully saturated rings. The monoisotopic (exact) mass is 286 g/mol. The van der Waals surface area contributed by atoms with E-state index in [9.17, 15) is 19.8 Å². The first kappa shape index (κ1) is 18.9. The summed E-state index contributed by atoms with van der Waals surface area (Å²) in [5, 5.41) is 26.6. The molecule has 6 nitrogen and oxygen atoms in total. The average molecular weight is 286 g/mol. The number of ketones is 2. The van der Waals surface area contributed by atoms with Crippen molar-refractivity contribution in [3.05, 3.63) is 0 Å². The van der Waals surface area contributed by atoms with Crippen LogP contribution in [0, 0.1) is 23.7 Å². The van der Waals surface area contributed by atoms with Crippen LogP contribution in [0.25, 0.3) is 0 Å². The Kier molecular flexibility index (Phi) is 7.75. The maximum Gasteiger partial charge on any atom is 0.175 e. The molecule has 0 rings (SSSR count). The van der Waals surface area contributed by atoms with Crippen molar-refractivity contribution in [3.8, 4) is 0 Å². The van der Waals surface area contributed by atoms with E-state index < -0.39 is 24.3 Å². The lowest BCUT2D eigenvalue weighted by atomic mass is 9.95. The number of aliphatic hydroxyl groups is 2. The third kappa shape index (κ3) is 5.46. The molecule has 0 saturated carbocycles. The molecule has 0 aliphatic carbocycles. The number of hydrogen-bond donors (Lipinski definition) is 2. The number of rotatable bonds is 8. The fourth-order valence-electron chi connectivity index (χ4n) is 1.68. The van der Waals surface area contributed by atoms with E-state index in [1.165, 1.54) is 0 Å². The molecule has 0 bridgehead atoms. The van der Waals surface area contributed by atoms with Crippen molar-refractivity contribution in [1.82, 2.24) is 0 Å². The summed E-state index contributed by atoms with van der Waals surface area (Å²) >= 11 is 0. The lowest BCUT2D eigenvalue weighted by molar-refractivity contribution is -0.130. The van der Waals surface area contributed by atoms with Gasteiger partial charge in [-0.15, -0.1) is 0 Å². The Morgan fingerprint density at radius 3 is 1.15 bits per heavy atom. The normalized spacial score (nSPS) is 18.3. The van der Waals surface area contributed by atoms with Crippen LogP contribution in [0.2, 0.25) is 0 Å². The van der Waals surface area contributed by atoms with Crippen molar-refractivity contribution in [2.75, 3.05) is 0 Å². The van der Waals surface area contributed by atoms with Crippen LogP contribution >= 0.6 is 0 Å². The lowest BCUT2D eigenvalue weighted by Gasteiger charge is -2.17. The Morgan fingerprint density at radius 2 is 0.950 bits per heavy atom. The van der Waals surface area contributed by atoms with Crippen LogP contribution in [0.15, 0.2) is 10.2 Å². The molecule has 0 amide bonds. The van der Waals surface area contributed by atoms with Crippen molar-refractivity contribution in [3.63, 3.8) is 0 Å². The Balaban J connectivity index is 4.62. The van der Waals surface area contributed by atoms with Gasteiger partial charge in [-0.2, -0.15) is 10.2 Å². The van der Waals surface area contributed by atoms with Gasteiger partial charge in [0.2, 0.25) is 0 Å². The molecule has 20 heavy (non-hydrogen) atoms. The van der Waals surface area contributed by atoms with Gasteiger partial charge in [0, 0.05) is 11.8 Å². The van der Waals surface area contributed by atoms with Gasteiger partial charge in [-0.3, -0.25) is 9.59 Å². The summed E-state index contributed by atoms with van der Waals surface area (Å²) in [6, 6.07) is 0. The first-order chi connectivity index (χ1) is 9.09. The molecule has 4 atom stereocenters. The zero-order chi connectivity index (χ0) is 16.0. The van der Waals surface area contributed by atoms with Crippen molar-refractivity contribution in [1.29, 1.82) is 0 Å². The molecule has 6 heteroatoms. The van der Waals surface area contributed by atoms with Crippen molar-refractivity contribution in [2.45, 2.75) is 54.0 Å². The van der Waals surface area contributed by atoms with Crippen LogP contribution in [0.3, 0.4) is 0 Å². The molecule has 116 valence electrons. The molecular formula is C14H26N2O4. The SMILES string of the molecule is CC(C)C(=O)C(C)C(O)N=NC(O)C(C)C(=O)C(C)C. The summed E-state index contributed by atoms with van der Waals surface area (Å²) in [4.78, 5) is 23.4. The number of hydrogen-bond acceptors (Lipinski definition) is 6. The maximum absolute atomic E-state index is 11.7. The van der Waals surface area contributed by atoms with Gasteiger partial charge >= 0.3 is 0 Å². The Bertz CT molecular complexity index is 332. The van der Waals surface area contributed by atoms with E-state index in [-0.39, 0.29) is 23.4 Å². The largest absolute Gasteiger partial charge is 0.369 e. The van der Waals surface area contributed by atoms with Gasteiger partial charge in [-0.05, 0) is 0 Å². The maximum atomic E-state index is 11.7. The average Bonchev–Trinajstić information content (AvgIpc) is 2.40. The molecule has 4 unspecified atom stereocenters. The van der Waals surface area contributed by atoms with E-state index >= 15 is 0 Å². The van der Waals surface area contributed by atoms with Gasteiger partial charge in [0.15, 0.2) is 12.5 Å². The summed E-state index contributed by atoms with van der Waals surface area (Å²) in [5.41, 5.74) is 0. The summed E-state index contributed by atoms with van der Waals surface area (Å²) in [5.74, 6) is -2.05. The number of carbonyl (C=O) groups excluding carboxylic acids is 2. The minimum atomic E-state index is -1.30. The van der Waals surface area contributed by atoms with E-state index in [0.717, 1.165) is 0 Å². The molecule has 0 saturated heterocycles. The molecule has 0 aromatic heterocycles. The topological polar surface area (TPSA) is 99.3 Å². The molecule has 0 aromatic carbocycles. The third-order valence-electron chi connectivity index (χ3n) is 3.23. The highest BCUT2D eigenvalue weighted by Crippen LogP contribution is 2.15. The lowest BCUT2D eigenvalue weighted by Crippen LogP contribution is -2.29. The number of Topliss-reactive ketones (excluding diaryl/α,β-unsaturated/α-hetero) is 2. The third-order valence-corrected chi connectivity index (χ3v) is 3.23. The minimum Gasteiger partial charge on any atom is -0.369 e. The number of nitrogens with zero attached hydrogens (tertiary/aromatic N) is 2. The van der Waals surface area contributed by atoms with Gasteiger partial charge < -0.3 is 10.2 Å². The van der Waals surface area contributed by atoms with Gasteiger partial charge in [-0.1, -0.05) is 41.5 Å². The Labute approximate surface area is 120 Å². The van der Waals surface area contributed by atoms with E-state index in [1.54, 1.807) is 41.5 Å². The molecule has 0 heterocycles. The zero-order valence-corrected chi connectivity index (χ0v) is 13.1. The first-order valence-electron chi connectivity index (χ1n) is 6.93. The quantitative estimate of drug-likeness (QED) is 0.664. The fraction of sp³-hybridized carbons (Fsp3) is 0.857. The predicted molar refractivity (Wildman–Crippen MR) is 74.9 cm³/mol. The van der Waals surface area contributed by atoms with Crippen molar-refractivity contribution >= 4 is 11.6 Å². The van der Waals surface area contributed by atoms with E-state index in [0.29, 0.717) is 0 Å². The van der Waals surface area contributed by atoms with Crippen LogP contribution in [0.4, 0.5) is 0 Å².